The van der Waals surface area contributed by atoms with Crippen LogP contribution in [0.2, 0.25) is 0 Å². The number of piperidine rings is 1. The van der Waals surface area contributed by atoms with Crippen molar-refractivity contribution >= 4 is 17.5 Å². The largest absolute Gasteiger partial charge is 0.379 e. The van der Waals surface area contributed by atoms with Gasteiger partial charge in [-0.2, -0.15) is 0 Å². The van der Waals surface area contributed by atoms with Crippen LogP contribution < -0.4 is 11.1 Å². The number of amides is 2. The van der Waals surface area contributed by atoms with E-state index in [0.717, 1.165) is 24.5 Å². The van der Waals surface area contributed by atoms with Gasteiger partial charge in [0.2, 0.25) is 11.8 Å². The van der Waals surface area contributed by atoms with Crippen LogP contribution in [0, 0.1) is 0 Å². The molecule has 2 saturated heterocycles. The molecule has 160 valence electrons. The van der Waals surface area contributed by atoms with Gasteiger partial charge in [-0.25, -0.2) is 4.98 Å². The molecule has 9 heteroatoms. The second kappa shape index (κ2) is 8.95. The highest BCUT2D eigenvalue weighted by Gasteiger charge is 2.45. The van der Waals surface area contributed by atoms with Gasteiger partial charge in [0.1, 0.15) is 5.54 Å². The van der Waals surface area contributed by atoms with E-state index in [1.807, 2.05) is 35.0 Å². The summed E-state index contributed by atoms with van der Waals surface area (Å²) in [5, 5.41) is 2.94. The average molecular weight is 412 g/mol. The Morgan fingerprint density at radius 1 is 1.10 bits per heavy atom. The van der Waals surface area contributed by atoms with E-state index in [1.54, 1.807) is 12.5 Å². The molecular formula is C21H28N6O3. The fourth-order valence-corrected chi connectivity index (χ4v) is 4.32. The summed E-state index contributed by atoms with van der Waals surface area (Å²) < 4.78 is 7.31. The van der Waals surface area contributed by atoms with Crippen LogP contribution in [0.25, 0.3) is 5.69 Å². The van der Waals surface area contributed by atoms with Gasteiger partial charge in [0.25, 0.3) is 0 Å². The number of nitrogens with one attached hydrogen (secondary N) is 1. The van der Waals surface area contributed by atoms with E-state index in [-0.39, 0.29) is 11.8 Å². The predicted molar refractivity (Wildman–Crippen MR) is 112 cm³/mol. The lowest BCUT2D eigenvalue weighted by Crippen LogP contribution is -2.64. The zero-order valence-corrected chi connectivity index (χ0v) is 17.0. The van der Waals surface area contributed by atoms with Gasteiger partial charge < -0.3 is 20.4 Å². The summed E-state index contributed by atoms with van der Waals surface area (Å²) in [6, 6.07) is 7.61. The summed E-state index contributed by atoms with van der Waals surface area (Å²) in [5.41, 5.74) is 6.91. The number of aromatic nitrogens is 2. The van der Waals surface area contributed by atoms with Crippen LogP contribution in [0.4, 0.5) is 5.69 Å². The molecule has 0 radical (unpaired) electrons. The first-order valence-corrected chi connectivity index (χ1v) is 10.3. The number of hydrogen-bond acceptors (Lipinski definition) is 6. The molecule has 0 atom stereocenters. The number of benzene rings is 1. The van der Waals surface area contributed by atoms with E-state index in [9.17, 15) is 9.59 Å². The maximum atomic E-state index is 12.5. The molecule has 1 aromatic heterocycles. The lowest BCUT2D eigenvalue weighted by Gasteiger charge is -2.47. The summed E-state index contributed by atoms with van der Waals surface area (Å²) in [7, 11) is 0. The Labute approximate surface area is 175 Å². The van der Waals surface area contributed by atoms with E-state index in [1.165, 1.54) is 0 Å². The highest BCUT2D eigenvalue weighted by Crippen LogP contribution is 2.29. The molecule has 4 rings (SSSR count). The molecule has 2 aromatic rings. The van der Waals surface area contributed by atoms with Gasteiger partial charge >= 0.3 is 0 Å². The Morgan fingerprint density at radius 2 is 1.80 bits per heavy atom. The van der Waals surface area contributed by atoms with Crippen LogP contribution in [-0.2, 0) is 14.3 Å². The lowest BCUT2D eigenvalue weighted by atomic mass is 9.84. The van der Waals surface area contributed by atoms with Crippen molar-refractivity contribution in [3.8, 4) is 5.69 Å². The van der Waals surface area contributed by atoms with Crippen molar-refractivity contribution in [1.29, 1.82) is 0 Å². The minimum Gasteiger partial charge on any atom is -0.379 e. The van der Waals surface area contributed by atoms with Crippen molar-refractivity contribution in [3.63, 3.8) is 0 Å². The number of anilines is 1. The summed E-state index contributed by atoms with van der Waals surface area (Å²) >= 11 is 0. The third kappa shape index (κ3) is 4.38. The van der Waals surface area contributed by atoms with Crippen molar-refractivity contribution in [2.24, 2.45) is 5.73 Å². The zero-order valence-electron chi connectivity index (χ0n) is 17.0. The van der Waals surface area contributed by atoms with Crippen LogP contribution in [-0.4, -0.2) is 82.6 Å². The maximum absolute atomic E-state index is 12.5. The number of nitrogens with zero attached hydrogens (tertiary/aromatic N) is 4. The molecular weight excluding hydrogens is 384 g/mol. The van der Waals surface area contributed by atoms with Gasteiger partial charge in [-0.15, -0.1) is 0 Å². The van der Waals surface area contributed by atoms with E-state index < -0.39 is 5.54 Å². The first kappa shape index (κ1) is 20.5. The average Bonchev–Trinajstić information content (AvgIpc) is 3.30. The molecule has 2 aliphatic heterocycles. The highest BCUT2D eigenvalue weighted by molar-refractivity contribution is 5.92. The van der Waals surface area contributed by atoms with Crippen LogP contribution in [0.3, 0.4) is 0 Å². The number of ether oxygens (including phenoxy) is 1. The number of primary amides is 1. The van der Waals surface area contributed by atoms with Gasteiger partial charge in [0.05, 0.1) is 26.1 Å². The van der Waals surface area contributed by atoms with E-state index >= 15 is 0 Å². The van der Waals surface area contributed by atoms with Crippen molar-refractivity contribution in [2.45, 2.75) is 18.4 Å². The minimum atomic E-state index is -0.625. The van der Waals surface area contributed by atoms with E-state index in [0.29, 0.717) is 45.7 Å². The number of carbonyl (C=O) groups is 2. The SMILES string of the molecule is NC(=O)C1(N2CCOCC2)CCN(CC(=O)Nc2ccc(-n3ccnc3)cc2)CC1. The topological polar surface area (TPSA) is 106 Å². The quantitative estimate of drug-likeness (QED) is 0.714. The van der Waals surface area contributed by atoms with Gasteiger partial charge in [-0.3, -0.25) is 19.4 Å². The molecule has 0 spiro atoms. The molecule has 3 heterocycles. The monoisotopic (exact) mass is 412 g/mol. The van der Waals surface area contributed by atoms with Crippen LogP contribution in [0.5, 0.6) is 0 Å². The Balaban J connectivity index is 1.30. The normalized spacial score (nSPS) is 20.0. The number of nitrogens with two attached hydrogens (primary N) is 1. The standard InChI is InChI=1S/C21H28N6O3/c22-20(29)21(27-11-13-30-14-12-27)5-8-25(9-6-21)15-19(28)24-17-1-3-18(4-2-17)26-10-7-23-16-26/h1-4,7,10,16H,5-6,8-9,11-15H2,(H2,22,29)(H,24,28). The number of hydrogen-bond donors (Lipinski definition) is 2. The van der Waals surface area contributed by atoms with Crippen molar-refractivity contribution in [2.75, 3.05) is 51.3 Å². The molecule has 0 unspecified atom stereocenters. The molecule has 1 aromatic carbocycles. The van der Waals surface area contributed by atoms with Crippen LogP contribution in [0.15, 0.2) is 43.0 Å². The van der Waals surface area contributed by atoms with E-state index in [2.05, 4.69) is 20.1 Å². The zero-order chi connectivity index (χ0) is 21.0. The fourth-order valence-electron chi connectivity index (χ4n) is 4.32. The number of carbonyl (C=O) groups excluding carboxylic acids is 2. The second-order valence-electron chi connectivity index (χ2n) is 7.84. The van der Waals surface area contributed by atoms with E-state index in [4.69, 9.17) is 10.5 Å². The second-order valence-corrected chi connectivity index (χ2v) is 7.84. The number of likely N-dealkylation sites (tertiary alicyclic amines) is 1. The lowest BCUT2D eigenvalue weighted by molar-refractivity contribution is -0.138. The smallest absolute Gasteiger partial charge is 0.238 e. The van der Waals surface area contributed by atoms with Gasteiger partial charge in [0.15, 0.2) is 0 Å². The maximum Gasteiger partial charge on any atom is 0.238 e. The number of imidazole rings is 1. The molecule has 3 N–H and O–H groups in total. The molecule has 0 bridgehead atoms. The van der Waals surface area contributed by atoms with Gasteiger partial charge in [0, 0.05) is 49.9 Å². The van der Waals surface area contributed by atoms with Crippen LogP contribution >= 0.6 is 0 Å². The number of rotatable bonds is 6. The predicted octanol–water partition coefficient (Wildman–Crippen LogP) is 0.463. The van der Waals surface area contributed by atoms with Gasteiger partial charge in [-0.05, 0) is 37.1 Å². The first-order chi connectivity index (χ1) is 14.6. The third-order valence-corrected chi connectivity index (χ3v) is 6.08. The molecule has 0 saturated carbocycles. The van der Waals surface area contributed by atoms with Crippen molar-refractivity contribution in [3.05, 3.63) is 43.0 Å². The molecule has 0 aliphatic carbocycles. The summed E-state index contributed by atoms with van der Waals surface area (Å²) in [4.78, 5) is 33.1. The number of morpholine rings is 1. The minimum absolute atomic E-state index is 0.0664. The fraction of sp³-hybridized carbons (Fsp3) is 0.476. The Hall–Kier alpha value is -2.75. The molecule has 9 nitrogen and oxygen atoms in total. The van der Waals surface area contributed by atoms with Crippen molar-refractivity contribution < 1.29 is 14.3 Å². The molecule has 2 amide bonds. The Bertz CT molecular complexity index is 853. The third-order valence-electron chi connectivity index (χ3n) is 6.08. The Kier molecular flexibility index (Phi) is 6.12. The van der Waals surface area contributed by atoms with Crippen molar-refractivity contribution in [1.82, 2.24) is 19.4 Å². The Morgan fingerprint density at radius 3 is 2.40 bits per heavy atom. The first-order valence-electron chi connectivity index (χ1n) is 10.3. The summed E-state index contributed by atoms with van der Waals surface area (Å²) in [5.74, 6) is -0.338. The highest BCUT2D eigenvalue weighted by atomic mass is 16.5. The molecule has 30 heavy (non-hydrogen) atoms. The molecule has 2 fully saturated rings. The summed E-state index contributed by atoms with van der Waals surface area (Å²) in [6.45, 7) is 4.31. The van der Waals surface area contributed by atoms with Gasteiger partial charge in [-0.1, -0.05) is 0 Å². The molecule has 2 aliphatic rings. The summed E-state index contributed by atoms with van der Waals surface area (Å²) in [6.07, 6.45) is 6.59. The van der Waals surface area contributed by atoms with Crippen LogP contribution in [0.1, 0.15) is 12.8 Å².